The summed E-state index contributed by atoms with van der Waals surface area (Å²) in [5.74, 6) is -3.89. The zero-order valence-electron chi connectivity index (χ0n) is 14.3. The fourth-order valence-corrected chi connectivity index (χ4v) is 2.95. The predicted molar refractivity (Wildman–Crippen MR) is 88.1 cm³/mol. The number of benzene rings is 2. The van der Waals surface area contributed by atoms with Crippen molar-refractivity contribution < 1.29 is 39.2 Å². The molecule has 160 valence electrons. The van der Waals surface area contributed by atoms with Gasteiger partial charge < -0.3 is 0 Å². The standard InChI is InChI=1S/C16H9F7N4O2S/c17-12-7-8(15(18,19)20)1-6-11(12)13-25-14(16(21,22)23)26-27(13)9-2-4-10(5-3-9)30(24,28)29/h1-7H,(H2,24,28,29). The van der Waals surface area contributed by atoms with E-state index < -0.39 is 51.0 Å². The Morgan fingerprint density at radius 3 is 1.97 bits per heavy atom. The van der Waals surface area contributed by atoms with Gasteiger partial charge in [-0.2, -0.15) is 26.3 Å². The zero-order valence-corrected chi connectivity index (χ0v) is 15.1. The second-order valence-electron chi connectivity index (χ2n) is 5.90. The lowest BCUT2D eigenvalue weighted by atomic mass is 10.1. The Labute approximate surface area is 163 Å². The van der Waals surface area contributed by atoms with Gasteiger partial charge in [0.1, 0.15) is 5.82 Å². The van der Waals surface area contributed by atoms with Crippen LogP contribution in [0.1, 0.15) is 11.4 Å². The van der Waals surface area contributed by atoms with Crippen molar-refractivity contribution >= 4 is 10.0 Å². The lowest BCUT2D eigenvalue weighted by molar-refractivity contribution is -0.144. The highest BCUT2D eigenvalue weighted by atomic mass is 32.2. The lowest BCUT2D eigenvalue weighted by Gasteiger charge is -2.10. The maximum absolute atomic E-state index is 14.3. The predicted octanol–water partition coefficient (Wildman–Crippen LogP) is 3.76. The van der Waals surface area contributed by atoms with Crippen molar-refractivity contribution in [1.29, 1.82) is 0 Å². The molecule has 0 radical (unpaired) electrons. The minimum atomic E-state index is -5.04. The molecule has 0 amide bonds. The van der Waals surface area contributed by atoms with Crippen LogP contribution in [0.5, 0.6) is 0 Å². The van der Waals surface area contributed by atoms with E-state index in [-0.39, 0.29) is 16.6 Å². The number of nitrogens with two attached hydrogens (primary N) is 1. The van der Waals surface area contributed by atoms with Crippen LogP contribution in [-0.4, -0.2) is 23.2 Å². The molecule has 0 spiro atoms. The van der Waals surface area contributed by atoms with E-state index in [0.29, 0.717) is 16.8 Å². The molecule has 0 saturated heterocycles. The Morgan fingerprint density at radius 2 is 1.50 bits per heavy atom. The molecule has 0 unspecified atom stereocenters. The number of alkyl halides is 6. The first kappa shape index (κ1) is 21.7. The second kappa shape index (κ2) is 7.05. The number of hydrogen-bond acceptors (Lipinski definition) is 4. The normalized spacial score (nSPS) is 12.9. The van der Waals surface area contributed by atoms with Gasteiger partial charge >= 0.3 is 12.4 Å². The molecule has 3 aromatic rings. The number of halogens is 7. The van der Waals surface area contributed by atoms with Gasteiger partial charge in [0.15, 0.2) is 5.82 Å². The first-order valence-corrected chi connectivity index (χ1v) is 9.27. The van der Waals surface area contributed by atoms with Crippen LogP contribution in [-0.2, 0) is 22.4 Å². The van der Waals surface area contributed by atoms with Crippen LogP contribution in [0.3, 0.4) is 0 Å². The molecule has 0 fully saturated rings. The van der Waals surface area contributed by atoms with Gasteiger partial charge in [-0.15, -0.1) is 5.10 Å². The van der Waals surface area contributed by atoms with Gasteiger partial charge in [0, 0.05) is 0 Å². The molecule has 0 bridgehead atoms. The van der Waals surface area contributed by atoms with Crippen molar-refractivity contribution in [3.63, 3.8) is 0 Å². The van der Waals surface area contributed by atoms with Crippen molar-refractivity contribution in [2.24, 2.45) is 5.14 Å². The highest BCUT2D eigenvalue weighted by molar-refractivity contribution is 7.89. The summed E-state index contributed by atoms with van der Waals surface area (Å²) in [4.78, 5) is 2.86. The third-order valence-corrected chi connectivity index (χ3v) is 4.74. The summed E-state index contributed by atoms with van der Waals surface area (Å²) in [5, 5.41) is 8.19. The van der Waals surface area contributed by atoms with Crippen molar-refractivity contribution in [3.8, 4) is 17.1 Å². The summed E-state index contributed by atoms with van der Waals surface area (Å²) >= 11 is 0. The first-order valence-electron chi connectivity index (χ1n) is 7.72. The SMILES string of the molecule is NS(=O)(=O)c1ccc(-n2nc(C(F)(F)F)nc2-c2ccc(C(F)(F)F)cc2F)cc1. The third kappa shape index (κ3) is 4.28. The third-order valence-electron chi connectivity index (χ3n) is 3.81. The molecule has 0 aliphatic rings. The molecule has 14 heteroatoms. The van der Waals surface area contributed by atoms with E-state index in [4.69, 9.17) is 5.14 Å². The van der Waals surface area contributed by atoms with Gasteiger partial charge in [0.05, 0.1) is 21.7 Å². The molecule has 0 saturated carbocycles. The number of sulfonamides is 1. The Bertz CT molecular complexity index is 1200. The minimum absolute atomic E-state index is 0.117. The fraction of sp³-hybridized carbons (Fsp3) is 0.125. The molecule has 0 aliphatic carbocycles. The van der Waals surface area contributed by atoms with Gasteiger partial charge in [-0.3, -0.25) is 0 Å². The molecule has 6 nitrogen and oxygen atoms in total. The average molecular weight is 454 g/mol. The first-order chi connectivity index (χ1) is 13.7. The number of aromatic nitrogens is 3. The van der Waals surface area contributed by atoms with Gasteiger partial charge in [-0.25, -0.2) is 27.6 Å². The second-order valence-corrected chi connectivity index (χ2v) is 7.46. The molecular weight excluding hydrogens is 445 g/mol. The maximum atomic E-state index is 14.3. The largest absolute Gasteiger partial charge is 0.453 e. The number of nitrogens with zero attached hydrogens (tertiary/aromatic N) is 3. The lowest BCUT2D eigenvalue weighted by Crippen LogP contribution is -2.12. The van der Waals surface area contributed by atoms with Gasteiger partial charge in [0.25, 0.3) is 5.82 Å². The van der Waals surface area contributed by atoms with E-state index >= 15 is 0 Å². The monoisotopic (exact) mass is 454 g/mol. The fourth-order valence-electron chi connectivity index (χ4n) is 2.44. The smallest absolute Gasteiger partial charge is 0.225 e. The number of rotatable bonds is 3. The summed E-state index contributed by atoms with van der Waals surface area (Å²) in [6, 6.07) is 5.21. The van der Waals surface area contributed by atoms with Crippen LogP contribution in [0, 0.1) is 5.82 Å². The number of primary sulfonamides is 1. The van der Waals surface area contributed by atoms with Crippen molar-refractivity contribution in [2.45, 2.75) is 17.2 Å². The molecular formula is C16H9F7N4O2S. The van der Waals surface area contributed by atoms with E-state index in [2.05, 4.69) is 10.1 Å². The molecule has 3 rings (SSSR count). The summed E-state index contributed by atoms with van der Waals surface area (Å²) in [5.41, 5.74) is -2.19. The van der Waals surface area contributed by atoms with Crippen LogP contribution >= 0.6 is 0 Å². The summed E-state index contributed by atoms with van der Waals surface area (Å²) in [7, 11) is -4.10. The molecule has 2 N–H and O–H groups in total. The van der Waals surface area contributed by atoms with Crippen LogP contribution in [0.25, 0.3) is 17.1 Å². The van der Waals surface area contributed by atoms with E-state index in [1.54, 1.807) is 0 Å². The van der Waals surface area contributed by atoms with Crippen LogP contribution in [0.2, 0.25) is 0 Å². The van der Waals surface area contributed by atoms with E-state index in [1.165, 1.54) is 0 Å². The minimum Gasteiger partial charge on any atom is -0.225 e. The van der Waals surface area contributed by atoms with Crippen LogP contribution in [0.4, 0.5) is 30.7 Å². The summed E-state index contributed by atoms with van der Waals surface area (Å²) in [6.07, 6.45) is -9.91. The molecule has 1 aromatic heterocycles. The molecule has 0 atom stereocenters. The van der Waals surface area contributed by atoms with E-state index in [0.717, 1.165) is 24.3 Å². The van der Waals surface area contributed by atoms with Gasteiger partial charge in [-0.05, 0) is 42.5 Å². The van der Waals surface area contributed by atoms with Crippen molar-refractivity contribution in [2.75, 3.05) is 0 Å². The molecule has 2 aromatic carbocycles. The van der Waals surface area contributed by atoms with Crippen molar-refractivity contribution in [3.05, 3.63) is 59.7 Å². The Kier molecular flexibility index (Phi) is 5.10. The number of hydrogen-bond donors (Lipinski definition) is 1. The quantitative estimate of drug-likeness (QED) is 0.611. The van der Waals surface area contributed by atoms with E-state index in [9.17, 15) is 39.2 Å². The van der Waals surface area contributed by atoms with E-state index in [1.807, 2.05) is 0 Å². The van der Waals surface area contributed by atoms with Crippen LogP contribution in [0.15, 0.2) is 47.4 Å². The maximum Gasteiger partial charge on any atom is 0.453 e. The Balaban J connectivity index is 2.19. The Morgan fingerprint density at radius 1 is 0.900 bits per heavy atom. The summed E-state index contributed by atoms with van der Waals surface area (Å²) < 4.78 is 115. The molecule has 0 aliphatic heterocycles. The Hall–Kier alpha value is -3.00. The van der Waals surface area contributed by atoms with Gasteiger partial charge in [-0.1, -0.05) is 0 Å². The van der Waals surface area contributed by atoms with Gasteiger partial charge in [0.2, 0.25) is 10.0 Å². The highest BCUT2D eigenvalue weighted by Gasteiger charge is 2.38. The van der Waals surface area contributed by atoms with Crippen LogP contribution < -0.4 is 5.14 Å². The highest BCUT2D eigenvalue weighted by Crippen LogP contribution is 2.34. The molecule has 1 heterocycles. The molecule has 30 heavy (non-hydrogen) atoms. The topological polar surface area (TPSA) is 90.9 Å². The summed E-state index contributed by atoms with van der Waals surface area (Å²) in [6.45, 7) is 0. The zero-order chi connectivity index (χ0) is 22.5. The average Bonchev–Trinajstić information content (AvgIpc) is 3.05. The van der Waals surface area contributed by atoms with Crippen molar-refractivity contribution in [1.82, 2.24) is 14.8 Å².